The quantitative estimate of drug-likeness (QED) is 0.266. The average molecular weight is 418 g/mol. The van der Waals surface area contributed by atoms with E-state index in [1.54, 1.807) is 12.1 Å². The zero-order chi connectivity index (χ0) is 21.6. The molecule has 29 heavy (non-hydrogen) atoms. The number of thioether (sulfide) groups is 1. The molecule has 2 aromatic rings. The number of carbonyl (C=O) groups excluding carboxylic acids is 3. The first-order chi connectivity index (χ1) is 13.8. The molecule has 0 bridgehead atoms. The highest BCUT2D eigenvalue weighted by Crippen LogP contribution is 2.31. The van der Waals surface area contributed by atoms with Crippen molar-refractivity contribution in [1.29, 1.82) is 0 Å². The van der Waals surface area contributed by atoms with E-state index in [0.29, 0.717) is 17.8 Å². The summed E-state index contributed by atoms with van der Waals surface area (Å²) in [5.41, 5.74) is 2.12. The van der Waals surface area contributed by atoms with Gasteiger partial charge >= 0.3 is 11.9 Å². The minimum atomic E-state index is -1.04. The molecular weight excluding hydrogens is 390 g/mol. The maximum atomic E-state index is 13.3. The van der Waals surface area contributed by atoms with Crippen LogP contribution in [0, 0.1) is 5.92 Å². The lowest BCUT2D eigenvalue weighted by molar-refractivity contribution is -0.159. The van der Waals surface area contributed by atoms with Gasteiger partial charge in [-0.25, -0.2) is 0 Å². The topological polar surface area (TPSA) is 74.6 Å². The summed E-state index contributed by atoms with van der Waals surface area (Å²) < 4.78 is 11.4. The summed E-state index contributed by atoms with van der Waals surface area (Å²) in [5, 5.41) is 0.904. The summed E-state index contributed by atoms with van der Waals surface area (Å²) in [6.07, 6.45) is 2.11. The molecular formula is C22H27NO5S. The fourth-order valence-electron chi connectivity index (χ4n) is 3.23. The Kier molecular flexibility index (Phi) is 8.08. The summed E-state index contributed by atoms with van der Waals surface area (Å²) in [6.45, 7) is 4.39. The molecule has 0 amide bonds. The largest absolute Gasteiger partial charge is 0.468 e. The molecule has 6 nitrogen and oxygen atoms in total. The molecule has 0 fully saturated rings. The van der Waals surface area contributed by atoms with Gasteiger partial charge in [0.25, 0.3) is 0 Å². The zero-order valence-corrected chi connectivity index (χ0v) is 18.2. The number of hydrogen-bond acceptors (Lipinski definition) is 6. The summed E-state index contributed by atoms with van der Waals surface area (Å²) in [6, 6.07) is 11.1. The Balaban J connectivity index is 2.48. The number of ether oxygens (including phenoxy) is 2. The SMILES string of the molecule is COC(=O)C(CCn1c(SC)cc(C(C)C)c1C(=O)c1ccccc1)C(=O)OC. The Bertz CT molecular complexity index is 857. The number of ketones is 1. The third kappa shape index (κ3) is 5.09. The van der Waals surface area contributed by atoms with Crippen molar-refractivity contribution >= 4 is 29.5 Å². The Labute approximate surface area is 175 Å². The van der Waals surface area contributed by atoms with Crippen molar-refractivity contribution in [3.05, 3.63) is 53.2 Å². The smallest absolute Gasteiger partial charge is 0.320 e. The predicted molar refractivity (Wildman–Crippen MR) is 112 cm³/mol. The average Bonchev–Trinajstić information content (AvgIpc) is 3.12. The number of nitrogens with zero attached hydrogens (tertiary/aromatic N) is 1. The van der Waals surface area contributed by atoms with Crippen LogP contribution < -0.4 is 0 Å². The van der Waals surface area contributed by atoms with E-state index in [-0.39, 0.29) is 18.1 Å². The minimum Gasteiger partial charge on any atom is -0.468 e. The number of rotatable bonds is 9. The standard InChI is InChI=1S/C22H27NO5S/c1-14(2)17-13-18(29-5)23(12-11-16(21(25)27-3)22(26)28-4)19(17)20(24)15-9-7-6-8-10-15/h6-10,13-14,16H,11-12H2,1-5H3. The second kappa shape index (κ2) is 10.3. The lowest BCUT2D eigenvalue weighted by Gasteiger charge is -2.17. The molecule has 0 radical (unpaired) electrons. The molecule has 1 heterocycles. The van der Waals surface area contributed by atoms with Gasteiger partial charge in [0.05, 0.1) is 24.9 Å². The molecule has 156 valence electrons. The highest BCUT2D eigenvalue weighted by Gasteiger charge is 2.30. The first kappa shape index (κ1) is 22.7. The molecule has 0 aliphatic heterocycles. The molecule has 0 saturated carbocycles. The van der Waals surface area contributed by atoms with Gasteiger partial charge in [-0.3, -0.25) is 14.4 Å². The van der Waals surface area contributed by atoms with Crippen LogP contribution >= 0.6 is 11.8 Å². The summed E-state index contributed by atoms with van der Waals surface area (Å²) in [4.78, 5) is 37.4. The zero-order valence-electron chi connectivity index (χ0n) is 17.4. The van der Waals surface area contributed by atoms with Gasteiger partial charge in [-0.05, 0) is 30.2 Å². The molecule has 1 aromatic carbocycles. The predicted octanol–water partition coefficient (Wildman–Crippen LogP) is 3.92. The van der Waals surface area contributed by atoms with E-state index in [1.165, 1.54) is 26.0 Å². The lowest BCUT2D eigenvalue weighted by atomic mass is 9.98. The van der Waals surface area contributed by atoms with Gasteiger partial charge in [0.2, 0.25) is 5.78 Å². The van der Waals surface area contributed by atoms with Crippen molar-refractivity contribution in [1.82, 2.24) is 4.57 Å². The number of esters is 2. The van der Waals surface area contributed by atoms with Gasteiger partial charge in [0.15, 0.2) is 5.92 Å². The molecule has 0 aliphatic carbocycles. The summed E-state index contributed by atoms with van der Waals surface area (Å²) >= 11 is 1.52. The van der Waals surface area contributed by atoms with Gasteiger partial charge in [-0.1, -0.05) is 44.2 Å². The van der Waals surface area contributed by atoms with E-state index in [0.717, 1.165) is 10.6 Å². The number of carbonyl (C=O) groups is 3. The Morgan fingerprint density at radius 2 is 1.62 bits per heavy atom. The van der Waals surface area contributed by atoms with Crippen molar-refractivity contribution in [2.24, 2.45) is 5.92 Å². The monoisotopic (exact) mass is 417 g/mol. The molecule has 0 unspecified atom stereocenters. The first-order valence-electron chi connectivity index (χ1n) is 9.38. The maximum absolute atomic E-state index is 13.3. The van der Waals surface area contributed by atoms with Crippen LogP contribution in [0.4, 0.5) is 0 Å². The van der Waals surface area contributed by atoms with Crippen LogP contribution in [0.25, 0.3) is 0 Å². The normalized spacial score (nSPS) is 11.0. The van der Waals surface area contributed by atoms with Crippen LogP contribution in [0.2, 0.25) is 0 Å². The van der Waals surface area contributed by atoms with Crippen molar-refractivity contribution < 1.29 is 23.9 Å². The van der Waals surface area contributed by atoms with Gasteiger partial charge < -0.3 is 14.0 Å². The number of aromatic nitrogens is 1. The molecule has 0 atom stereocenters. The second-order valence-electron chi connectivity index (χ2n) is 6.88. The van der Waals surface area contributed by atoms with Crippen LogP contribution in [0.5, 0.6) is 0 Å². The fraction of sp³-hybridized carbons (Fsp3) is 0.409. The van der Waals surface area contributed by atoms with Crippen LogP contribution in [-0.2, 0) is 25.6 Å². The van der Waals surface area contributed by atoms with Crippen molar-refractivity contribution in [2.75, 3.05) is 20.5 Å². The van der Waals surface area contributed by atoms with Gasteiger partial charge in [0.1, 0.15) is 0 Å². The van der Waals surface area contributed by atoms with Crippen LogP contribution in [-0.4, -0.2) is 42.8 Å². The van der Waals surface area contributed by atoms with Gasteiger partial charge in [-0.15, -0.1) is 11.8 Å². The third-order valence-corrected chi connectivity index (χ3v) is 5.54. The van der Waals surface area contributed by atoms with E-state index < -0.39 is 17.9 Å². The van der Waals surface area contributed by atoms with Crippen molar-refractivity contribution in [2.45, 2.75) is 37.8 Å². The lowest BCUT2D eigenvalue weighted by Crippen LogP contribution is -2.28. The maximum Gasteiger partial charge on any atom is 0.320 e. The highest BCUT2D eigenvalue weighted by atomic mass is 32.2. The summed E-state index contributed by atoms with van der Waals surface area (Å²) in [7, 11) is 2.48. The number of methoxy groups -OCH3 is 2. The van der Waals surface area contributed by atoms with Crippen LogP contribution in [0.15, 0.2) is 41.4 Å². The number of hydrogen-bond donors (Lipinski definition) is 0. The molecule has 7 heteroatoms. The molecule has 1 aromatic heterocycles. The van der Waals surface area contributed by atoms with E-state index in [2.05, 4.69) is 0 Å². The van der Waals surface area contributed by atoms with Gasteiger partial charge in [0, 0.05) is 12.1 Å². The minimum absolute atomic E-state index is 0.0812. The fourth-order valence-corrected chi connectivity index (χ4v) is 3.88. The Morgan fingerprint density at radius 3 is 2.10 bits per heavy atom. The second-order valence-corrected chi connectivity index (χ2v) is 7.71. The number of benzene rings is 1. The summed E-state index contributed by atoms with van der Waals surface area (Å²) in [5.74, 6) is -2.27. The van der Waals surface area contributed by atoms with Gasteiger partial charge in [-0.2, -0.15) is 0 Å². The van der Waals surface area contributed by atoms with Crippen molar-refractivity contribution in [3.63, 3.8) is 0 Å². The Morgan fingerprint density at radius 1 is 1.03 bits per heavy atom. The molecule has 0 spiro atoms. The molecule has 0 N–H and O–H groups in total. The molecule has 2 rings (SSSR count). The molecule has 0 aliphatic rings. The first-order valence-corrected chi connectivity index (χ1v) is 10.6. The highest BCUT2D eigenvalue weighted by molar-refractivity contribution is 7.98. The van der Waals surface area contributed by atoms with Crippen LogP contribution in [0.1, 0.15) is 47.8 Å². The third-order valence-electron chi connectivity index (χ3n) is 4.78. The van der Waals surface area contributed by atoms with E-state index in [1.807, 2.05) is 48.9 Å². The van der Waals surface area contributed by atoms with Crippen molar-refractivity contribution in [3.8, 4) is 0 Å². The molecule has 0 saturated heterocycles. The van der Waals surface area contributed by atoms with Crippen LogP contribution in [0.3, 0.4) is 0 Å². The van der Waals surface area contributed by atoms with E-state index in [9.17, 15) is 14.4 Å². The van der Waals surface area contributed by atoms with E-state index in [4.69, 9.17) is 9.47 Å². The van der Waals surface area contributed by atoms with E-state index >= 15 is 0 Å². The Hall–Kier alpha value is -2.54.